The maximum Gasteiger partial charge on any atom is 0.312 e. The summed E-state index contributed by atoms with van der Waals surface area (Å²) in [5.74, 6) is -1.14. The molecule has 8 heteroatoms. The van der Waals surface area contributed by atoms with Gasteiger partial charge in [0.25, 0.3) is 0 Å². The highest BCUT2D eigenvalue weighted by atomic mass is 35.5. The number of piperidine rings is 1. The molecule has 0 aliphatic carbocycles. The number of carbonyl (C=O) groups is 3. The van der Waals surface area contributed by atoms with Crippen molar-refractivity contribution in [3.63, 3.8) is 0 Å². The summed E-state index contributed by atoms with van der Waals surface area (Å²) in [5, 5.41) is 9.82. The zero-order valence-electron chi connectivity index (χ0n) is 15.1. The fourth-order valence-corrected chi connectivity index (χ4v) is 3.57. The van der Waals surface area contributed by atoms with E-state index in [1.54, 1.807) is 17.0 Å². The third kappa shape index (κ3) is 4.78. The molecule has 0 radical (unpaired) electrons. The van der Waals surface area contributed by atoms with E-state index in [1.807, 2.05) is 12.1 Å². The molecule has 3 amide bonds. The zero-order chi connectivity index (χ0) is 19.4. The van der Waals surface area contributed by atoms with E-state index in [-0.39, 0.29) is 25.0 Å². The van der Waals surface area contributed by atoms with Gasteiger partial charge in [-0.1, -0.05) is 23.7 Å². The van der Waals surface area contributed by atoms with Crippen molar-refractivity contribution in [2.24, 2.45) is 5.92 Å². The Kier molecular flexibility index (Phi) is 6.34. The predicted molar refractivity (Wildman–Crippen MR) is 99.8 cm³/mol. The average molecular weight is 394 g/mol. The number of halogens is 1. The van der Waals surface area contributed by atoms with Gasteiger partial charge in [-0.2, -0.15) is 0 Å². The van der Waals surface area contributed by atoms with E-state index >= 15 is 0 Å². The van der Waals surface area contributed by atoms with Crippen LogP contribution in [0.2, 0.25) is 5.02 Å². The van der Waals surface area contributed by atoms with Crippen molar-refractivity contribution in [2.75, 3.05) is 39.3 Å². The number of carbonyl (C=O) groups excluding carboxylic acids is 3. The van der Waals surface area contributed by atoms with Crippen LogP contribution in [-0.2, 0) is 20.9 Å². The monoisotopic (exact) mass is 393 g/mol. The van der Waals surface area contributed by atoms with Crippen LogP contribution < -0.4 is 0 Å². The van der Waals surface area contributed by atoms with Crippen LogP contribution >= 0.6 is 11.6 Å². The molecule has 7 nitrogen and oxygen atoms in total. The molecule has 27 heavy (non-hydrogen) atoms. The number of benzene rings is 1. The van der Waals surface area contributed by atoms with Crippen LogP contribution in [0, 0.1) is 5.92 Å². The second-order valence-electron chi connectivity index (χ2n) is 7.09. The van der Waals surface area contributed by atoms with Crippen LogP contribution in [0.3, 0.4) is 0 Å². The molecule has 2 heterocycles. The van der Waals surface area contributed by atoms with Gasteiger partial charge in [-0.05, 0) is 36.5 Å². The van der Waals surface area contributed by atoms with E-state index in [2.05, 4.69) is 0 Å². The van der Waals surface area contributed by atoms with Crippen LogP contribution in [0.4, 0.5) is 0 Å². The summed E-state index contributed by atoms with van der Waals surface area (Å²) in [6.45, 7) is 2.18. The Morgan fingerprint density at radius 1 is 1.00 bits per heavy atom. The molecule has 2 fully saturated rings. The second-order valence-corrected chi connectivity index (χ2v) is 7.52. The van der Waals surface area contributed by atoms with Crippen molar-refractivity contribution in [3.05, 3.63) is 34.9 Å². The lowest BCUT2D eigenvalue weighted by atomic mass is 9.98. The first-order chi connectivity index (χ1) is 13.0. The molecule has 3 rings (SSSR count). The molecule has 1 aromatic carbocycles. The molecule has 0 spiro atoms. The Morgan fingerprint density at radius 3 is 2.22 bits per heavy atom. The highest BCUT2D eigenvalue weighted by Gasteiger charge is 2.34. The molecule has 0 aromatic heterocycles. The van der Waals surface area contributed by atoms with Crippen molar-refractivity contribution in [2.45, 2.75) is 19.4 Å². The van der Waals surface area contributed by atoms with Gasteiger partial charge in [0.05, 0.1) is 0 Å². The summed E-state index contributed by atoms with van der Waals surface area (Å²) in [4.78, 5) is 41.9. The lowest BCUT2D eigenvalue weighted by Crippen LogP contribution is -2.56. The minimum Gasteiger partial charge on any atom is -0.396 e. The molecule has 2 aliphatic heterocycles. The number of aliphatic hydroxyl groups excluding tert-OH is 1. The van der Waals surface area contributed by atoms with Gasteiger partial charge in [0.15, 0.2) is 0 Å². The largest absolute Gasteiger partial charge is 0.396 e. The molecule has 0 unspecified atom stereocenters. The molecule has 0 bridgehead atoms. The van der Waals surface area contributed by atoms with Gasteiger partial charge in [0.1, 0.15) is 6.54 Å². The van der Waals surface area contributed by atoms with Crippen molar-refractivity contribution < 1.29 is 19.5 Å². The van der Waals surface area contributed by atoms with Crippen molar-refractivity contribution in [3.8, 4) is 0 Å². The van der Waals surface area contributed by atoms with Gasteiger partial charge >= 0.3 is 11.8 Å². The zero-order valence-corrected chi connectivity index (χ0v) is 15.9. The van der Waals surface area contributed by atoms with Gasteiger partial charge in [-0.25, -0.2) is 0 Å². The normalized spacial score (nSPS) is 18.7. The van der Waals surface area contributed by atoms with Gasteiger partial charge < -0.3 is 19.8 Å². The molecular weight excluding hydrogens is 370 g/mol. The van der Waals surface area contributed by atoms with Crippen LogP contribution in [-0.4, -0.2) is 76.9 Å². The van der Waals surface area contributed by atoms with Gasteiger partial charge in [0.2, 0.25) is 5.91 Å². The fraction of sp³-hybridized carbons (Fsp3) is 0.526. The summed E-state index contributed by atoms with van der Waals surface area (Å²) in [6, 6.07) is 7.29. The van der Waals surface area contributed by atoms with E-state index < -0.39 is 11.8 Å². The van der Waals surface area contributed by atoms with Gasteiger partial charge in [-0.15, -0.1) is 0 Å². The lowest BCUT2D eigenvalue weighted by Gasteiger charge is -2.36. The summed E-state index contributed by atoms with van der Waals surface area (Å²) >= 11 is 5.87. The molecular formula is C19H24ClN3O4. The third-order valence-corrected chi connectivity index (χ3v) is 5.49. The number of aliphatic hydroxyl groups is 1. The first-order valence-electron chi connectivity index (χ1n) is 9.19. The minimum absolute atomic E-state index is 0.0781. The maximum absolute atomic E-state index is 12.5. The van der Waals surface area contributed by atoms with E-state index in [1.165, 1.54) is 9.80 Å². The van der Waals surface area contributed by atoms with E-state index in [0.717, 1.165) is 5.56 Å². The van der Waals surface area contributed by atoms with Crippen LogP contribution in [0.1, 0.15) is 18.4 Å². The van der Waals surface area contributed by atoms with Crippen molar-refractivity contribution >= 4 is 29.3 Å². The Balaban J connectivity index is 1.52. The quantitative estimate of drug-likeness (QED) is 0.768. The topological polar surface area (TPSA) is 81.2 Å². The Hall–Kier alpha value is -2.12. The number of hydrogen-bond donors (Lipinski definition) is 1. The Morgan fingerprint density at radius 2 is 1.63 bits per heavy atom. The number of amides is 3. The van der Waals surface area contributed by atoms with E-state index in [4.69, 9.17) is 11.6 Å². The Bertz CT molecular complexity index is 701. The Labute approximate surface area is 163 Å². The number of hydrogen-bond acceptors (Lipinski definition) is 4. The minimum atomic E-state index is -0.614. The SMILES string of the molecule is O=C1CN(C(=O)C(=O)N2CCC(CO)CC2)CCN1Cc1ccc(Cl)cc1. The van der Waals surface area contributed by atoms with Crippen LogP contribution in [0.25, 0.3) is 0 Å². The summed E-state index contributed by atoms with van der Waals surface area (Å²) < 4.78 is 0. The smallest absolute Gasteiger partial charge is 0.312 e. The van der Waals surface area contributed by atoms with Crippen LogP contribution in [0.5, 0.6) is 0 Å². The lowest BCUT2D eigenvalue weighted by molar-refractivity contribution is -0.156. The number of nitrogens with zero attached hydrogens (tertiary/aromatic N) is 3. The summed E-state index contributed by atoms with van der Waals surface area (Å²) in [6.07, 6.45) is 1.40. The molecule has 2 saturated heterocycles. The number of likely N-dealkylation sites (tertiary alicyclic amines) is 1. The van der Waals surface area contributed by atoms with E-state index in [9.17, 15) is 19.5 Å². The van der Waals surface area contributed by atoms with Gasteiger partial charge in [-0.3, -0.25) is 14.4 Å². The first-order valence-corrected chi connectivity index (χ1v) is 9.57. The van der Waals surface area contributed by atoms with Gasteiger partial charge in [0, 0.05) is 44.4 Å². The highest BCUT2D eigenvalue weighted by molar-refractivity contribution is 6.35. The summed E-state index contributed by atoms with van der Waals surface area (Å²) in [7, 11) is 0. The predicted octanol–water partition coefficient (Wildman–Crippen LogP) is 0.742. The van der Waals surface area contributed by atoms with Crippen LogP contribution in [0.15, 0.2) is 24.3 Å². The second kappa shape index (κ2) is 8.71. The molecule has 0 saturated carbocycles. The van der Waals surface area contributed by atoms with Crippen molar-refractivity contribution in [1.82, 2.24) is 14.7 Å². The third-order valence-electron chi connectivity index (χ3n) is 5.24. The standard InChI is InChI=1S/C19H24ClN3O4/c20-16-3-1-14(2-4-16)11-22-9-10-23(12-17(22)25)19(27)18(26)21-7-5-15(13-24)6-8-21/h1-4,15,24H,5-13H2. The molecule has 146 valence electrons. The average Bonchev–Trinajstić information content (AvgIpc) is 2.70. The fourth-order valence-electron chi connectivity index (χ4n) is 3.45. The summed E-state index contributed by atoms with van der Waals surface area (Å²) in [5.41, 5.74) is 0.968. The molecule has 0 atom stereocenters. The highest BCUT2D eigenvalue weighted by Crippen LogP contribution is 2.18. The van der Waals surface area contributed by atoms with Crippen molar-refractivity contribution in [1.29, 1.82) is 0 Å². The number of piperazine rings is 1. The molecule has 1 N–H and O–H groups in total. The maximum atomic E-state index is 12.5. The molecule has 1 aromatic rings. The first kappa shape index (κ1) is 19.6. The molecule has 2 aliphatic rings. The van der Waals surface area contributed by atoms with E-state index in [0.29, 0.717) is 50.6 Å². The number of rotatable bonds is 3.